The molecule has 2 aliphatic rings. The van der Waals surface area contributed by atoms with E-state index in [1.807, 2.05) is 0 Å². The van der Waals surface area contributed by atoms with Crippen LogP contribution in [-0.2, 0) is 0 Å². The van der Waals surface area contributed by atoms with Crippen LogP contribution in [0.1, 0.15) is 19.3 Å². The van der Waals surface area contributed by atoms with Gasteiger partial charge in [0.05, 0.1) is 6.54 Å². The third-order valence-corrected chi connectivity index (χ3v) is 2.46. The van der Waals surface area contributed by atoms with Crippen molar-refractivity contribution in [3.63, 3.8) is 0 Å². The lowest BCUT2D eigenvalue weighted by Crippen LogP contribution is -2.44. The van der Waals surface area contributed by atoms with Crippen LogP contribution in [0.15, 0.2) is 4.99 Å². The van der Waals surface area contributed by atoms with Gasteiger partial charge in [0.2, 0.25) is 0 Å². The fourth-order valence-electron chi connectivity index (χ4n) is 1.85. The molecule has 1 fully saturated rings. The highest BCUT2D eigenvalue weighted by Gasteiger charge is 2.21. The summed E-state index contributed by atoms with van der Waals surface area (Å²) < 4.78 is 0. The lowest BCUT2D eigenvalue weighted by Gasteiger charge is -2.35. The van der Waals surface area contributed by atoms with Gasteiger partial charge < -0.3 is 0 Å². The predicted octanol–water partition coefficient (Wildman–Crippen LogP) is 0.925. The summed E-state index contributed by atoms with van der Waals surface area (Å²) in [6.07, 6.45) is 6.27. The van der Waals surface area contributed by atoms with Gasteiger partial charge in [-0.2, -0.15) is 0 Å². The number of aliphatic imine (C=N–C) groups is 1. The van der Waals surface area contributed by atoms with Crippen molar-refractivity contribution < 1.29 is 0 Å². The molecule has 1 unspecified atom stereocenters. The van der Waals surface area contributed by atoms with Gasteiger partial charge in [-0.25, -0.2) is 0 Å². The second kappa shape index (κ2) is 2.70. The number of hydrogen-bond donors (Lipinski definition) is 0. The Kier molecular flexibility index (Phi) is 1.72. The highest BCUT2D eigenvalue weighted by atomic mass is 15.2. The monoisotopic (exact) mass is 138 g/mol. The van der Waals surface area contributed by atoms with Crippen molar-refractivity contribution in [1.82, 2.24) is 4.90 Å². The quantitative estimate of drug-likeness (QED) is 0.486. The maximum absolute atomic E-state index is 4.29. The highest BCUT2D eigenvalue weighted by molar-refractivity contribution is 5.65. The minimum absolute atomic E-state index is 0.697. The maximum atomic E-state index is 4.29. The molecule has 0 aromatic heterocycles. The van der Waals surface area contributed by atoms with Gasteiger partial charge in [0.1, 0.15) is 0 Å². The van der Waals surface area contributed by atoms with Crippen LogP contribution in [0.5, 0.6) is 0 Å². The Balaban J connectivity index is 2.03. The Labute approximate surface area is 61.9 Å². The third-order valence-electron chi connectivity index (χ3n) is 2.46. The Bertz CT molecular complexity index is 142. The van der Waals surface area contributed by atoms with E-state index in [1.165, 1.54) is 32.4 Å². The van der Waals surface area contributed by atoms with Crippen LogP contribution < -0.4 is 0 Å². The fourth-order valence-corrected chi connectivity index (χ4v) is 1.85. The highest BCUT2D eigenvalue weighted by Crippen LogP contribution is 2.16. The smallest absolute Gasteiger partial charge is 0.0513 e. The van der Waals surface area contributed by atoms with E-state index in [-0.39, 0.29) is 0 Å². The molecule has 0 radical (unpaired) electrons. The summed E-state index contributed by atoms with van der Waals surface area (Å²) in [5.41, 5.74) is 0. The standard InChI is InChI=1S/C8H14N2/c1-2-5-10-6-4-9-7-8(10)3-1/h7-8H,1-6H2. The van der Waals surface area contributed by atoms with Gasteiger partial charge in [0, 0.05) is 18.8 Å². The van der Waals surface area contributed by atoms with Crippen molar-refractivity contribution in [3.05, 3.63) is 0 Å². The summed E-state index contributed by atoms with van der Waals surface area (Å²) in [5, 5.41) is 0. The van der Waals surface area contributed by atoms with E-state index < -0.39 is 0 Å². The molecule has 0 N–H and O–H groups in total. The summed E-state index contributed by atoms with van der Waals surface area (Å²) in [6, 6.07) is 0.697. The number of rotatable bonds is 0. The van der Waals surface area contributed by atoms with Crippen LogP contribution in [0.3, 0.4) is 0 Å². The second-order valence-corrected chi connectivity index (χ2v) is 3.15. The van der Waals surface area contributed by atoms with Crippen LogP contribution in [0.25, 0.3) is 0 Å². The minimum atomic E-state index is 0.697. The molecular formula is C8H14N2. The van der Waals surface area contributed by atoms with Gasteiger partial charge >= 0.3 is 0 Å². The van der Waals surface area contributed by atoms with Gasteiger partial charge in [0.25, 0.3) is 0 Å². The lowest BCUT2D eigenvalue weighted by atomic mass is 10.0. The van der Waals surface area contributed by atoms with E-state index in [9.17, 15) is 0 Å². The first-order chi connectivity index (χ1) is 4.97. The average Bonchev–Trinajstić information content (AvgIpc) is 2.05. The molecule has 0 aromatic rings. The van der Waals surface area contributed by atoms with Gasteiger partial charge in [-0.1, -0.05) is 6.42 Å². The van der Waals surface area contributed by atoms with Crippen LogP contribution in [-0.4, -0.2) is 36.8 Å². The molecule has 10 heavy (non-hydrogen) atoms. The van der Waals surface area contributed by atoms with Gasteiger partial charge in [-0.05, 0) is 19.4 Å². The maximum Gasteiger partial charge on any atom is 0.0513 e. The van der Waals surface area contributed by atoms with Crippen LogP contribution in [0.2, 0.25) is 0 Å². The molecule has 56 valence electrons. The average molecular weight is 138 g/mol. The first-order valence-corrected chi connectivity index (χ1v) is 4.21. The topological polar surface area (TPSA) is 15.6 Å². The Morgan fingerprint density at radius 2 is 2.30 bits per heavy atom. The molecular weight excluding hydrogens is 124 g/mol. The fraction of sp³-hybridized carbons (Fsp3) is 0.875. The van der Waals surface area contributed by atoms with Crippen LogP contribution in [0, 0.1) is 0 Å². The van der Waals surface area contributed by atoms with Crippen molar-refractivity contribution in [1.29, 1.82) is 0 Å². The van der Waals surface area contributed by atoms with E-state index in [2.05, 4.69) is 16.1 Å². The molecule has 0 saturated carbocycles. The van der Waals surface area contributed by atoms with Gasteiger partial charge in [0.15, 0.2) is 0 Å². The van der Waals surface area contributed by atoms with Crippen molar-refractivity contribution in [2.24, 2.45) is 4.99 Å². The van der Waals surface area contributed by atoms with E-state index in [4.69, 9.17) is 0 Å². The molecule has 0 amide bonds. The van der Waals surface area contributed by atoms with E-state index in [0.717, 1.165) is 6.54 Å². The Morgan fingerprint density at radius 3 is 3.20 bits per heavy atom. The van der Waals surface area contributed by atoms with Crippen molar-refractivity contribution >= 4 is 6.21 Å². The van der Waals surface area contributed by atoms with Crippen molar-refractivity contribution in [3.8, 4) is 0 Å². The normalized spacial score (nSPS) is 33.8. The predicted molar refractivity (Wildman–Crippen MR) is 42.6 cm³/mol. The first kappa shape index (κ1) is 6.35. The summed E-state index contributed by atoms with van der Waals surface area (Å²) in [4.78, 5) is 6.85. The third kappa shape index (κ3) is 1.08. The largest absolute Gasteiger partial charge is 0.295 e. The first-order valence-electron chi connectivity index (χ1n) is 4.21. The molecule has 1 atom stereocenters. The second-order valence-electron chi connectivity index (χ2n) is 3.15. The Hall–Kier alpha value is -0.370. The molecule has 0 aliphatic carbocycles. The molecule has 0 aromatic carbocycles. The van der Waals surface area contributed by atoms with Crippen LogP contribution >= 0.6 is 0 Å². The van der Waals surface area contributed by atoms with Crippen molar-refractivity contribution in [2.75, 3.05) is 19.6 Å². The molecule has 2 aliphatic heterocycles. The molecule has 2 heteroatoms. The number of nitrogens with zero attached hydrogens (tertiary/aromatic N) is 2. The zero-order valence-corrected chi connectivity index (χ0v) is 6.29. The lowest BCUT2D eigenvalue weighted by molar-refractivity contribution is 0.193. The molecule has 0 bridgehead atoms. The zero-order chi connectivity index (χ0) is 6.81. The number of hydrogen-bond acceptors (Lipinski definition) is 2. The van der Waals surface area contributed by atoms with Gasteiger partial charge in [-0.15, -0.1) is 0 Å². The SMILES string of the molecule is C1=NCCN2CCCCC12. The summed E-state index contributed by atoms with van der Waals surface area (Å²) in [5.74, 6) is 0. The van der Waals surface area contributed by atoms with Crippen LogP contribution in [0.4, 0.5) is 0 Å². The van der Waals surface area contributed by atoms with E-state index in [0.29, 0.717) is 6.04 Å². The zero-order valence-electron chi connectivity index (χ0n) is 6.29. The molecule has 0 spiro atoms. The Morgan fingerprint density at radius 1 is 1.30 bits per heavy atom. The van der Waals surface area contributed by atoms with Gasteiger partial charge in [-0.3, -0.25) is 9.89 Å². The summed E-state index contributed by atoms with van der Waals surface area (Å²) >= 11 is 0. The van der Waals surface area contributed by atoms with Crippen molar-refractivity contribution in [2.45, 2.75) is 25.3 Å². The summed E-state index contributed by atoms with van der Waals surface area (Å²) in [6.45, 7) is 3.52. The molecule has 2 heterocycles. The minimum Gasteiger partial charge on any atom is -0.295 e. The molecule has 2 nitrogen and oxygen atoms in total. The van der Waals surface area contributed by atoms with E-state index >= 15 is 0 Å². The summed E-state index contributed by atoms with van der Waals surface area (Å²) in [7, 11) is 0. The van der Waals surface area contributed by atoms with E-state index in [1.54, 1.807) is 0 Å². The molecule has 2 rings (SSSR count). The number of fused-ring (bicyclic) bond motifs is 1. The number of piperidine rings is 1. The molecule has 1 saturated heterocycles.